The summed E-state index contributed by atoms with van der Waals surface area (Å²) in [5.41, 5.74) is 2.15. The number of fused-ring (bicyclic) bond motifs is 1. The second-order valence-electron chi connectivity index (χ2n) is 7.65. The van der Waals surface area contributed by atoms with Crippen LogP contribution in [0.5, 0.6) is 0 Å². The number of morpholine rings is 1. The largest absolute Gasteiger partial charge is 0.381 e. The van der Waals surface area contributed by atoms with Gasteiger partial charge in [-0.1, -0.05) is 18.2 Å². The third-order valence-corrected chi connectivity index (χ3v) is 6.99. The second kappa shape index (κ2) is 8.95. The van der Waals surface area contributed by atoms with Gasteiger partial charge in [0.25, 0.3) is 0 Å². The lowest BCUT2D eigenvalue weighted by Gasteiger charge is -2.37. The van der Waals surface area contributed by atoms with E-state index in [9.17, 15) is 4.79 Å². The van der Waals surface area contributed by atoms with Gasteiger partial charge in [0.2, 0.25) is 5.91 Å². The molecule has 1 aromatic heterocycles. The Labute approximate surface area is 174 Å². The van der Waals surface area contributed by atoms with Gasteiger partial charge >= 0.3 is 0 Å². The first kappa shape index (κ1) is 19.9. The lowest BCUT2D eigenvalue weighted by atomic mass is 9.97. The minimum atomic E-state index is 0.0496. The monoisotopic (exact) mass is 449 g/mol. The average molecular weight is 450 g/mol. The molecule has 6 nitrogen and oxygen atoms in total. The first-order valence-corrected chi connectivity index (χ1v) is 10.8. The minimum absolute atomic E-state index is 0.0496. The van der Waals surface area contributed by atoms with Crippen LogP contribution in [-0.4, -0.2) is 67.5 Å². The van der Waals surface area contributed by atoms with Crippen LogP contribution in [0.3, 0.4) is 0 Å². The molecule has 2 aliphatic heterocycles. The van der Waals surface area contributed by atoms with Crippen molar-refractivity contribution in [2.75, 3.05) is 46.1 Å². The Morgan fingerprint density at radius 2 is 2.04 bits per heavy atom. The van der Waals surface area contributed by atoms with Crippen LogP contribution in [0.4, 0.5) is 0 Å². The van der Waals surface area contributed by atoms with Crippen LogP contribution in [0.2, 0.25) is 0 Å². The second-order valence-corrected chi connectivity index (χ2v) is 8.44. The van der Waals surface area contributed by atoms with E-state index in [2.05, 4.69) is 42.8 Å². The zero-order valence-electron chi connectivity index (χ0n) is 16.3. The number of hydrogen-bond donors (Lipinski definition) is 1. The van der Waals surface area contributed by atoms with E-state index in [1.54, 1.807) is 0 Å². The fraction of sp³-hybridized carbons (Fsp3) is 0.571. The molecule has 1 amide bonds. The summed E-state index contributed by atoms with van der Waals surface area (Å²) < 4.78 is 14.3. The van der Waals surface area contributed by atoms with Gasteiger partial charge in [-0.05, 0) is 35.3 Å². The van der Waals surface area contributed by atoms with Crippen molar-refractivity contribution in [1.29, 1.82) is 0 Å². The summed E-state index contributed by atoms with van der Waals surface area (Å²) in [4.78, 5) is 15.3. The predicted octanol–water partition coefficient (Wildman–Crippen LogP) is 2.57. The average Bonchev–Trinajstić information content (AvgIpc) is 3.33. The molecule has 0 aliphatic carbocycles. The van der Waals surface area contributed by atoms with E-state index in [-0.39, 0.29) is 5.91 Å². The Balaban J connectivity index is 1.43. The fourth-order valence-corrected chi connectivity index (χ4v) is 4.92. The van der Waals surface area contributed by atoms with Crippen LogP contribution in [-0.2, 0) is 20.8 Å². The van der Waals surface area contributed by atoms with E-state index in [1.165, 1.54) is 0 Å². The van der Waals surface area contributed by atoms with Crippen molar-refractivity contribution in [3.63, 3.8) is 0 Å². The molecule has 0 radical (unpaired) electrons. The van der Waals surface area contributed by atoms with Gasteiger partial charge in [0.15, 0.2) is 0 Å². The Morgan fingerprint density at radius 3 is 2.79 bits per heavy atom. The summed E-state index contributed by atoms with van der Waals surface area (Å²) in [6, 6.07) is 8.48. The molecule has 0 spiro atoms. The molecule has 2 aromatic rings. The minimum Gasteiger partial charge on any atom is -0.381 e. The number of halogens is 1. The fourth-order valence-electron chi connectivity index (χ4n) is 4.37. The van der Waals surface area contributed by atoms with E-state index < -0.39 is 0 Å². The third kappa shape index (κ3) is 4.13. The molecule has 28 heavy (non-hydrogen) atoms. The molecule has 3 heterocycles. The Kier molecular flexibility index (Phi) is 6.35. The number of amides is 1. The molecular formula is C21H28BrN3O3. The Morgan fingerprint density at radius 1 is 1.25 bits per heavy atom. The van der Waals surface area contributed by atoms with Crippen molar-refractivity contribution >= 4 is 32.7 Å². The molecule has 7 heteroatoms. The van der Waals surface area contributed by atoms with Crippen LogP contribution in [0.15, 0.2) is 28.7 Å². The summed E-state index contributed by atoms with van der Waals surface area (Å²) in [7, 11) is 0. The highest BCUT2D eigenvalue weighted by Crippen LogP contribution is 2.30. The lowest BCUT2D eigenvalue weighted by Crippen LogP contribution is -2.52. The number of aromatic nitrogens is 1. The standard InChI is InChI=1S/C21H28BrN3O3/c1-15-21(22)17-4-2-3-5-18(17)25(15)13-20(26)23-12-19(16-6-9-28-14-16)24-7-10-27-11-8-24/h2-5,16,19H,6-14H2,1H3,(H,23,26). The molecule has 2 aliphatic rings. The van der Waals surface area contributed by atoms with Crippen molar-refractivity contribution in [3.8, 4) is 0 Å². The van der Waals surface area contributed by atoms with Gasteiger partial charge in [0.05, 0.1) is 19.8 Å². The number of nitrogens with one attached hydrogen (secondary N) is 1. The van der Waals surface area contributed by atoms with Crippen molar-refractivity contribution < 1.29 is 14.3 Å². The number of rotatable bonds is 6. The molecule has 4 rings (SSSR count). The maximum Gasteiger partial charge on any atom is 0.240 e. The molecule has 1 aromatic carbocycles. The zero-order valence-corrected chi connectivity index (χ0v) is 17.9. The van der Waals surface area contributed by atoms with Crippen LogP contribution in [0.25, 0.3) is 10.9 Å². The number of nitrogens with zero attached hydrogens (tertiary/aromatic N) is 2. The molecule has 2 saturated heterocycles. The van der Waals surface area contributed by atoms with Crippen molar-refractivity contribution in [2.45, 2.75) is 25.9 Å². The van der Waals surface area contributed by atoms with Gasteiger partial charge in [-0.25, -0.2) is 0 Å². The smallest absolute Gasteiger partial charge is 0.240 e. The normalized spacial score (nSPS) is 21.9. The summed E-state index contributed by atoms with van der Waals surface area (Å²) in [6.07, 6.45) is 1.06. The highest BCUT2D eigenvalue weighted by Gasteiger charge is 2.31. The van der Waals surface area contributed by atoms with Crippen LogP contribution < -0.4 is 5.32 Å². The number of ether oxygens (including phenoxy) is 2. The number of para-hydroxylation sites is 1. The predicted molar refractivity (Wildman–Crippen MR) is 112 cm³/mol. The Bertz CT molecular complexity index is 826. The molecular weight excluding hydrogens is 422 g/mol. The summed E-state index contributed by atoms with van der Waals surface area (Å²) in [6.45, 7) is 8.01. The first-order chi connectivity index (χ1) is 13.6. The maximum absolute atomic E-state index is 12.8. The van der Waals surface area contributed by atoms with Gasteiger partial charge in [-0.15, -0.1) is 0 Å². The Hall–Kier alpha value is -1.41. The highest BCUT2D eigenvalue weighted by molar-refractivity contribution is 9.10. The van der Waals surface area contributed by atoms with Crippen LogP contribution >= 0.6 is 15.9 Å². The molecule has 0 bridgehead atoms. The lowest BCUT2D eigenvalue weighted by molar-refractivity contribution is -0.122. The van der Waals surface area contributed by atoms with E-state index in [1.807, 2.05) is 19.1 Å². The van der Waals surface area contributed by atoms with Crippen molar-refractivity contribution in [2.24, 2.45) is 5.92 Å². The zero-order chi connectivity index (χ0) is 19.5. The molecule has 2 atom stereocenters. The van der Waals surface area contributed by atoms with E-state index in [4.69, 9.17) is 9.47 Å². The van der Waals surface area contributed by atoms with Gasteiger partial charge in [0.1, 0.15) is 6.54 Å². The molecule has 152 valence electrons. The van der Waals surface area contributed by atoms with E-state index >= 15 is 0 Å². The van der Waals surface area contributed by atoms with E-state index in [0.29, 0.717) is 25.0 Å². The van der Waals surface area contributed by atoms with Gasteiger partial charge in [-0.2, -0.15) is 0 Å². The van der Waals surface area contributed by atoms with Gasteiger partial charge in [0, 0.05) is 59.3 Å². The summed E-state index contributed by atoms with van der Waals surface area (Å²) >= 11 is 3.67. The summed E-state index contributed by atoms with van der Waals surface area (Å²) in [5.74, 6) is 0.523. The maximum atomic E-state index is 12.8. The number of carbonyl (C=O) groups excluding carboxylic acids is 1. The van der Waals surface area contributed by atoms with Crippen molar-refractivity contribution in [3.05, 3.63) is 34.4 Å². The van der Waals surface area contributed by atoms with Crippen LogP contribution in [0, 0.1) is 12.8 Å². The van der Waals surface area contributed by atoms with E-state index in [0.717, 1.165) is 67.0 Å². The first-order valence-electron chi connectivity index (χ1n) is 10.0. The SMILES string of the molecule is Cc1c(Br)c2ccccc2n1CC(=O)NCC(C1CCOC1)N1CCOCC1. The molecule has 2 unspecified atom stereocenters. The number of carbonyl (C=O) groups is 1. The van der Waals surface area contributed by atoms with Gasteiger partial charge < -0.3 is 19.4 Å². The third-order valence-electron chi connectivity index (χ3n) is 5.99. The van der Waals surface area contributed by atoms with Crippen LogP contribution in [0.1, 0.15) is 12.1 Å². The number of hydrogen-bond acceptors (Lipinski definition) is 4. The highest BCUT2D eigenvalue weighted by atomic mass is 79.9. The van der Waals surface area contributed by atoms with Gasteiger partial charge in [-0.3, -0.25) is 9.69 Å². The quantitative estimate of drug-likeness (QED) is 0.735. The number of benzene rings is 1. The molecule has 0 saturated carbocycles. The molecule has 1 N–H and O–H groups in total. The molecule has 2 fully saturated rings. The topological polar surface area (TPSA) is 55.7 Å². The summed E-state index contributed by atoms with van der Waals surface area (Å²) in [5, 5.41) is 4.33. The van der Waals surface area contributed by atoms with Crippen molar-refractivity contribution in [1.82, 2.24) is 14.8 Å².